The highest BCUT2D eigenvalue weighted by Crippen LogP contribution is 2.11. The van der Waals surface area contributed by atoms with E-state index in [0.29, 0.717) is 10.6 Å². The molecule has 0 aliphatic carbocycles. The number of thioether (sulfide) groups is 1. The van der Waals surface area contributed by atoms with Crippen molar-refractivity contribution in [3.05, 3.63) is 22.2 Å². The van der Waals surface area contributed by atoms with Crippen LogP contribution in [0.1, 0.15) is 38.7 Å². The van der Waals surface area contributed by atoms with Crippen molar-refractivity contribution in [1.29, 1.82) is 0 Å². The number of nitrogens with one attached hydrogen (secondary N) is 1. The maximum absolute atomic E-state index is 5.18. The highest BCUT2D eigenvalue weighted by Gasteiger charge is 2.02. The number of H-pyrrole nitrogens is 1. The number of hydrogen-bond donors (Lipinski definition) is 1. The van der Waals surface area contributed by atoms with Crippen molar-refractivity contribution in [2.45, 2.75) is 39.4 Å². The molecule has 0 atom stereocenters. The van der Waals surface area contributed by atoms with Crippen LogP contribution in [-0.2, 0) is 12.2 Å². The normalized spacial score (nSPS) is 11.0. The molecule has 1 N–H and O–H groups in total. The van der Waals surface area contributed by atoms with Crippen LogP contribution in [0.4, 0.5) is 0 Å². The average molecular weight is 256 g/mol. The minimum Gasteiger partial charge on any atom is -0.346 e. The lowest BCUT2D eigenvalue weighted by atomic mass is 10.1. The zero-order valence-corrected chi connectivity index (χ0v) is 11.9. The van der Waals surface area contributed by atoms with Crippen LogP contribution in [0, 0.1) is 10.6 Å². The summed E-state index contributed by atoms with van der Waals surface area (Å²) < 4.78 is 0.710. The van der Waals surface area contributed by atoms with Crippen molar-refractivity contribution in [2.24, 2.45) is 5.92 Å². The molecule has 0 radical (unpaired) electrons. The fourth-order valence-electron chi connectivity index (χ4n) is 1.50. The van der Waals surface area contributed by atoms with Gasteiger partial charge in [-0.25, -0.2) is 4.98 Å². The lowest BCUT2D eigenvalue weighted by Crippen LogP contribution is -2.02. The number of nitrogens with zero attached hydrogens (tertiary/aromatic N) is 1. The van der Waals surface area contributed by atoms with Crippen LogP contribution in [0.25, 0.3) is 0 Å². The highest BCUT2D eigenvalue weighted by atomic mass is 32.2. The summed E-state index contributed by atoms with van der Waals surface area (Å²) in [7, 11) is 0. The molecular weight excluding hydrogens is 236 g/mol. The Labute approximate surface area is 107 Å². The van der Waals surface area contributed by atoms with Gasteiger partial charge in [0.05, 0.1) is 5.75 Å². The van der Waals surface area contributed by atoms with Gasteiger partial charge >= 0.3 is 0 Å². The van der Waals surface area contributed by atoms with Crippen LogP contribution in [0.15, 0.2) is 6.07 Å². The molecule has 0 unspecified atom stereocenters. The van der Waals surface area contributed by atoms with Crippen LogP contribution in [-0.4, -0.2) is 15.7 Å². The van der Waals surface area contributed by atoms with Gasteiger partial charge in [0.25, 0.3) is 0 Å². The molecule has 0 aromatic carbocycles. The van der Waals surface area contributed by atoms with Crippen LogP contribution >= 0.6 is 24.0 Å². The van der Waals surface area contributed by atoms with Crippen molar-refractivity contribution in [3.63, 3.8) is 0 Å². The molecule has 0 fully saturated rings. The van der Waals surface area contributed by atoms with E-state index < -0.39 is 0 Å². The minimum absolute atomic E-state index is 0.643. The van der Waals surface area contributed by atoms with E-state index in [0.717, 1.165) is 18.0 Å². The summed E-state index contributed by atoms with van der Waals surface area (Å²) in [5.74, 6) is 3.77. The molecule has 4 heteroatoms. The van der Waals surface area contributed by atoms with Crippen molar-refractivity contribution in [3.8, 4) is 0 Å². The third-order valence-electron chi connectivity index (χ3n) is 2.06. The Morgan fingerprint density at radius 1 is 1.50 bits per heavy atom. The zero-order valence-electron chi connectivity index (χ0n) is 10.2. The highest BCUT2D eigenvalue weighted by molar-refractivity contribution is 7.98. The maximum atomic E-state index is 5.18. The monoisotopic (exact) mass is 256 g/mol. The first-order chi connectivity index (χ1) is 7.61. The smallest absolute Gasteiger partial charge is 0.130 e. The largest absolute Gasteiger partial charge is 0.346 e. The second-order valence-electron chi connectivity index (χ2n) is 4.34. The molecule has 0 bridgehead atoms. The van der Waals surface area contributed by atoms with Gasteiger partial charge in [-0.15, -0.1) is 0 Å². The summed E-state index contributed by atoms with van der Waals surface area (Å²) in [5.41, 5.74) is 1.21. The molecular formula is C12H20N2S2. The molecule has 0 saturated heterocycles. The van der Waals surface area contributed by atoms with E-state index in [1.807, 2.05) is 17.8 Å². The Kier molecular flexibility index (Phi) is 6.06. The molecule has 2 nitrogen and oxygen atoms in total. The molecule has 0 aliphatic rings. The molecule has 1 heterocycles. The Balaban J connectivity index is 2.69. The maximum Gasteiger partial charge on any atom is 0.130 e. The lowest BCUT2D eigenvalue weighted by molar-refractivity contribution is 0.631. The fraction of sp³-hybridized carbons (Fsp3) is 0.667. The van der Waals surface area contributed by atoms with Gasteiger partial charge in [-0.05, 0) is 30.6 Å². The first-order valence-corrected chi connectivity index (χ1v) is 7.35. The number of rotatable bonds is 6. The Bertz CT molecular complexity index is 372. The second-order valence-corrected chi connectivity index (χ2v) is 5.87. The van der Waals surface area contributed by atoms with Crippen LogP contribution < -0.4 is 0 Å². The van der Waals surface area contributed by atoms with Crippen molar-refractivity contribution in [1.82, 2.24) is 9.97 Å². The number of aromatic nitrogens is 2. The van der Waals surface area contributed by atoms with Gasteiger partial charge in [0.1, 0.15) is 10.5 Å². The van der Waals surface area contributed by atoms with Gasteiger partial charge in [-0.2, -0.15) is 11.8 Å². The fourth-order valence-corrected chi connectivity index (χ4v) is 2.51. The third kappa shape index (κ3) is 5.12. The van der Waals surface area contributed by atoms with Gasteiger partial charge < -0.3 is 4.98 Å². The zero-order chi connectivity index (χ0) is 12.0. The first kappa shape index (κ1) is 13.7. The van der Waals surface area contributed by atoms with E-state index in [9.17, 15) is 0 Å². The van der Waals surface area contributed by atoms with Crippen molar-refractivity contribution >= 4 is 24.0 Å². The summed E-state index contributed by atoms with van der Waals surface area (Å²) in [5, 5.41) is 0. The minimum atomic E-state index is 0.643. The topological polar surface area (TPSA) is 28.7 Å². The van der Waals surface area contributed by atoms with E-state index in [2.05, 4.69) is 30.7 Å². The van der Waals surface area contributed by atoms with Crippen molar-refractivity contribution in [2.75, 3.05) is 5.75 Å². The predicted molar refractivity (Wildman–Crippen MR) is 74.4 cm³/mol. The predicted octanol–water partition coefficient (Wildman–Crippen LogP) is 3.98. The molecule has 0 aliphatic heterocycles. The van der Waals surface area contributed by atoms with E-state index >= 15 is 0 Å². The molecule has 16 heavy (non-hydrogen) atoms. The SMILES string of the molecule is CCCSCc1nc(=S)cc(CC(C)C)[nH]1. The first-order valence-electron chi connectivity index (χ1n) is 5.78. The summed E-state index contributed by atoms with van der Waals surface area (Å²) in [6, 6.07) is 1.98. The molecule has 1 aromatic rings. The van der Waals surface area contributed by atoms with E-state index in [-0.39, 0.29) is 0 Å². The average Bonchev–Trinajstić information content (AvgIpc) is 2.16. The van der Waals surface area contributed by atoms with Crippen LogP contribution in [0.3, 0.4) is 0 Å². The Morgan fingerprint density at radius 3 is 2.88 bits per heavy atom. The standard InChI is InChI=1S/C12H20N2S2/c1-4-5-16-8-11-13-10(6-9(2)3)7-12(15)14-11/h7,9H,4-6,8H2,1-3H3,(H,13,14,15). The molecule has 1 aromatic heterocycles. The van der Waals surface area contributed by atoms with Crippen LogP contribution in [0.2, 0.25) is 0 Å². The summed E-state index contributed by atoms with van der Waals surface area (Å²) in [4.78, 5) is 7.73. The number of aromatic amines is 1. The van der Waals surface area contributed by atoms with Gasteiger partial charge in [-0.3, -0.25) is 0 Å². The van der Waals surface area contributed by atoms with E-state index in [1.54, 1.807) is 0 Å². The molecule has 1 rings (SSSR count). The molecule has 0 saturated carbocycles. The molecule has 90 valence electrons. The van der Waals surface area contributed by atoms with Gasteiger partial charge in [0, 0.05) is 5.69 Å². The third-order valence-corrected chi connectivity index (χ3v) is 3.45. The van der Waals surface area contributed by atoms with E-state index in [1.165, 1.54) is 17.9 Å². The summed E-state index contributed by atoms with van der Waals surface area (Å²) >= 11 is 7.08. The quantitative estimate of drug-likeness (QED) is 0.616. The van der Waals surface area contributed by atoms with Crippen molar-refractivity contribution < 1.29 is 0 Å². The van der Waals surface area contributed by atoms with Crippen LogP contribution in [0.5, 0.6) is 0 Å². The molecule has 0 spiro atoms. The van der Waals surface area contributed by atoms with E-state index in [4.69, 9.17) is 12.2 Å². The summed E-state index contributed by atoms with van der Waals surface area (Å²) in [6.07, 6.45) is 2.24. The molecule has 0 amide bonds. The Morgan fingerprint density at radius 2 is 2.25 bits per heavy atom. The Hall–Kier alpha value is -0.350. The van der Waals surface area contributed by atoms with Gasteiger partial charge in [0.15, 0.2) is 0 Å². The van der Waals surface area contributed by atoms with Gasteiger partial charge in [0.2, 0.25) is 0 Å². The lowest BCUT2D eigenvalue weighted by Gasteiger charge is -2.07. The second kappa shape index (κ2) is 7.07. The summed E-state index contributed by atoms with van der Waals surface area (Å²) in [6.45, 7) is 6.61. The number of hydrogen-bond acceptors (Lipinski definition) is 3. The van der Waals surface area contributed by atoms with Gasteiger partial charge in [-0.1, -0.05) is 33.0 Å².